The van der Waals surface area contributed by atoms with Gasteiger partial charge in [0.2, 0.25) is 5.91 Å². The van der Waals surface area contributed by atoms with E-state index in [9.17, 15) is 9.59 Å². The van der Waals surface area contributed by atoms with Gasteiger partial charge in [-0.25, -0.2) is 0 Å². The lowest BCUT2D eigenvalue weighted by atomic mass is 9.97. The zero-order valence-electron chi connectivity index (χ0n) is 14.6. The summed E-state index contributed by atoms with van der Waals surface area (Å²) in [6.45, 7) is 3.27. The van der Waals surface area contributed by atoms with Crippen LogP contribution in [0.1, 0.15) is 25.3 Å². The number of benzene rings is 1. The number of piperidine rings is 1. The highest BCUT2D eigenvalue weighted by Gasteiger charge is 2.29. The lowest BCUT2D eigenvalue weighted by Crippen LogP contribution is -2.43. The molecule has 1 fully saturated rings. The van der Waals surface area contributed by atoms with Gasteiger partial charge in [0.1, 0.15) is 11.3 Å². The maximum atomic E-state index is 12.7. The number of hydrogen-bond acceptors (Lipinski definition) is 5. The van der Waals surface area contributed by atoms with Crippen molar-refractivity contribution in [2.75, 3.05) is 26.8 Å². The number of nitrogens with zero attached hydrogens (tertiary/aromatic N) is 1. The highest BCUT2D eigenvalue weighted by molar-refractivity contribution is 5.88. The van der Waals surface area contributed by atoms with Crippen LogP contribution in [-0.4, -0.2) is 43.6 Å². The summed E-state index contributed by atoms with van der Waals surface area (Å²) in [6, 6.07) is 5.56. The average Bonchev–Trinajstić information content (AvgIpc) is 3.04. The Hall–Kier alpha value is -2.50. The molecule has 2 heterocycles. The molecule has 6 nitrogen and oxygen atoms in total. The number of fused-ring (bicyclic) bond motifs is 1. The molecular formula is C19H23NO5. The lowest BCUT2D eigenvalue weighted by molar-refractivity contribution is -0.151. The molecule has 3 rings (SSSR count). The van der Waals surface area contributed by atoms with Crippen molar-refractivity contribution in [2.45, 2.75) is 26.2 Å². The topological polar surface area (TPSA) is 69.0 Å². The van der Waals surface area contributed by atoms with Crippen LogP contribution in [0.5, 0.6) is 5.75 Å². The van der Waals surface area contributed by atoms with Crippen molar-refractivity contribution >= 4 is 22.8 Å². The van der Waals surface area contributed by atoms with Gasteiger partial charge in [0, 0.05) is 30.1 Å². The first-order valence-electron chi connectivity index (χ1n) is 8.61. The number of furan rings is 1. The minimum absolute atomic E-state index is 0.00696. The number of rotatable bonds is 5. The second-order valence-corrected chi connectivity index (χ2v) is 6.23. The van der Waals surface area contributed by atoms with Gasteiger partial charge >= 0.3 is 5.97 Å². The summed E-state index contributed by atoms with van der Waals surface area (Å²) >= 11 is 0. The minimum Gasteiger partial charge on any atom is -0.497 e. The number of methoxy groups -OCH3 is 1. The summed E-state index contributed by atoms with van der Waals surface area (Å²) in [4.78, 5) is 26.4. The summed E-state index contributed by atoms with van der Waals surface area (Å²) in [5.41, 5.74) is 1.55. The summed E-state index contributed by atoms with van der Waals surface area (Å²) in [5.74, 6) is 0.296. The van der Waals surface area contributed by atoms with Crippen molar-refractivity contribution in [1.29, 1.82) is 0 Å². The van der Waals surface area contributed by atoms with Crippen LogP contribution in [0.2, 0.25) is 0 Å². The maximum absolute atomic E-state index is 12.7. The fourth-order valence-electron chi connectivity index (χ4n) is 3.26. The standard InChI is InChI=1S/C19H23NO5/c1-3-24-19(22)13-5-4-8-20(11-13)18(21)9-14-12-25-17-10-15(23-2)6-7-16(14)17/h6-7,10,12-13H,3-5,8-9,11H2,1-2H3/t13-/m0/s1. The van der Waals surface area contributed by atoms with E-state index in [1.807, 2.05) is 12.1 Å². The van der Waals surface area contributed by atoms with Crippen molar-refractivity contribution in [3.8, 4) is 5.75 Å². The van der Waals surface area contributed by atoms with Gasteiger partial charge in [-0.15, -0.1) is 0 Å². The number of ether oxygens (including phenoxy) is 2. The SMILES string of the molecule is CCOC(=O)[C@H]1CCCN(C(=O)Cc2coc3cc(OC)ccc23)C1. The third-order valence-electron chi connectivity index (χ3n) is 4.60. The Morgan fingerprint density at radius 3 is 2.96 bits per heavy atom. The molecular weight excluding hydrogens is 322 g/mol. The maximum Gasteiger partial charge on any atom is 0.310 e. The van der Waals surface area contributed by atoms with Crippen LogP contribution in [0.3, 0.4) is 0 Å². The Morgan fingerprint density at radius 2 is 2.20 bits per heavy atom. The van der Waals surface area contributed by atoms with Crippen LogP contribution in [0, 0.1) is 5.92 Å². The van der Waals surface area contributed by atoms with Crippen LogP contribution in [-0.2, 0) is 20.7 Å². The predicted octanol–water partition coefficient (Wildman–Crippen LogP) is 2.79. The van der Waals surface area contributed by atoms with E-state index >= 15 is 0 Å². The van der Waals surface area contributed by atoms with E-state index in [0.29, 0.717) is 31.0 Å². The highest BCUT2D eigenvalue weighted by Crippen LogP contribution is 2.27. The van der Waals surface area contributed by atoms with Gasteiger partial charge in [-0.05, 0) is 31.9 Å². The predicted molar refractivity (Wildman–Crippen MR) is 92.4 cm³/mol. The molecule has 0 radical (unpaired) electrons. The monoisotopic (exact) mass is 345 g/mol. The van der Waals surface area contributed by atoms with E-state index in [-0.39, 0.29) is 24.2 Å². The number of esters is 1. The molecule has 1 amide bonds. The Morgan fingerprint density at radius 1 is 1.36 bits per heavy atom. The molecule has 1 saturated heterocycles. The van der Waals surface area contributed by atoms with Crippen LogP contribution in [0.25, 0.3) is 11.0 Å². The second kappa shape index (κ2) is 7.59. The molecule has 0 saturated carbocycles. The van der Waals surface area contributed by atoms with Crippen molar-refractivity contribution in [1.82, 2.24) is 4.90 Å². The van der Waals surface area contributed by atoms with Crippen LogP contribution >= 0.6 is 0 Å². The third-order valence-corrected chi connectivity index (χ3v) is 4.60. The largest absolute Gasteiger partial charge is 0.497 e. The van der Waals surface area contributed by atoms with Crippen LogP contribution in [0.15, 0.2) is 28.9 Å². The normalized spacial score (nSPS) is 17.5. The van der Waals surface area contributed by atoms with Gasteiger partial charge in [-0.1, -0.05) is 0 Å². The van der Waals surface area contributed by atoms with E-state index in [2.05, 4.69) is 0 Å². The summed E-state index contributed by atoms with van der Waals surface area (Å²) in [7, 11) is 1.60. The van der Waals surface area contributed by atoms with E-state index < -0.39 is 0 Å². The van der Waals surface area contributed by atoms with E-state index in [0.717, 1.165) is 23.8 Å². The molecule has 1 aromatic heterocycles. The van der Waals surface area contributed by atoms with Crippen LogP contribution in [0.4, 0.5) is 0 Å². The number of hydrogen-bond donors (Lipinski definition) is 0. The molecule has 25 heavy (non-hydrogen) atoms. The number of likely N-dealkylation sites (tertiary alicyclic amines) is 1. The third kappa shape index (κ3) is 3.78. The number of carbonyl (C=O) groups is 2. The molecule has 0 spiro atoms. The first-order valence-corrected chi connectivity index (χ1v) is 8.61. The minimum atomic E-state index is -0.219. The van der Waals surface area contributed by atoms with Crippen molar-refractivity contribution in [3.63, 3.8) is 0 Å². The van der Waals surface area contributed by atoms with Crippen LogP contribution < -0.4 is 4.74 Å². The smallest absolute Gasteiger partial charge is 0.310 e. The van der Waals surface area contributed by atoms with E-state index in [1.54, 1.807) is 31.3 Å². The van der Waals surface area contributed by atoms with Gasteiger partial charge in [-0.3, -0.25) is 9.59 Å². The van der Waals surface area contributed by atoms with Gasteiger partial charge in [-0.2, -0.15) is 0 Å². The number of amides is 1. The zero-order chi connectivity index (χ0) is 17.8. The van der Waals surface area contributed by atoms with Crippen molar-refractivity contribution in [2.24, 2.45) is 5.92 Å². The molecule has 1 aliphatic heterocycles. The Bertz CT molecular complexity index is 766. The fraction of sp³-hybridized carbons (Fsp3) is 0.474. The molecule has 0 aliphatic carbocycles. The van der Waals surface area contributed by atoms with Gasteiger partial charge in [0.25, 0.3) is 0 Å². The van der Waals surface area contributed by atoms with E-state index in [4.69, 9.17) is 13.9 Å². The first-order chi connectivity index (χ1) is 12.1. The first kappa shape index (κ1) is 17.3. The highest BCUT2D eigenvalue weighted by atomic mass is 16.5. The number of carbonyl (C=O) groups excluding carboxylic acids is 2. The Labute approximate surface area is 146 Å². The molecule has 134 valence electrons. The molecule has 1 aromatic carbocycles. The fourth-order valence-corrected chi connectivity index (χ4v) is 3.26. The second-order valence-electron chi connectivity index (χ2n) is 6.23. The average molecular weight is 345 g/mol. The molecule has 1 atom stereocenters. The molecule has 1 aliphatic rings. The molecule has 0 bridgehead atoms. The molecule has 6 heteroatoms. The van der Waals surface area contributed by atoms with Gasteiger partial charge in [0.15, 0.2) is 0 Å². The summed E-state index contributed by atoms with van der Waals surface area (Å²) in [6.07, 6.45) is 3.47. The van der Waals surface area contributed by atoms with E-state index in [1.165, 1.54) is 0 Å². The Balaban J connectivity index is 1.68. The summed E-state index contributed by atoms with van der Waals surface area (Å²) in [5, 5.41) is 0.910. The van der Waals surface area contributed by atoms with Crippen molar-refractivity contribution in [3.05, 3.63) is 30.0 Å². The molecule has 2 aromatic rings. The zero-order valence-corrected chi connectivity index (χ0v) is 14.6. The Kier molecular flexibility index (Phi) is 5.26. The quantitative estimate of drug-likeness (QED) is 0.780. The molecule has 0 unspecified atom stereocenters. The molecule has 0 N–H and O–H groups in total. The van der Waals surface area contributed by atoms with Gasteiger partial charge in [0.05, 0.1) is 32.3 Å². The van der Waals surface area contributed by atoms with Crippen molar-refractivity contribution < 1.29 is 23.5 Å². The van der Waals surface area contributed by atoms with Gasteiger partial charge < -0.3 is 18.8 Å². The lowest BCUT2D eigenvalue weighted by Gasteiger charge is -2.31. The summed E-state index contributed by atoms with van der Waals surface area (Å²) < 4.78 is 15.8.